The van der Waals surface area contributed by atoms with E-state index in [1.165, 1.54) is 6.07 Å². The van der Waals surface area contributed by atoms with Gasteiger partial charge in [0, 0.05) is 29.3 Å². The Hall–Kier alpha value is -1.21. The largest absolute Gasteiger partial charge is 0.367 e. The molecule has 1 heterocycles. The zero-order valence-electron chi connectivity index (χ0n) is 9.98. The number of anilines is 1. The molecule has 17 heavy (non-hydrogen) atoms. The van der Waals surface area contributed by atoms with Crippen molar-refractivity contribution in [1.82, 2.24) is 0 Å². The maximum atomic E-state index is 13.6. The average Bonchev–Trinajstić information content (AvgIpc) is 2.32. The number of thioether (sulfide) groups is 1. The Morgan fingerprint density at radius 3 is 2.88 bits per heavy atom. The summed E-state index contributed by atoms with van der Waals surface area (Å²) in [5.41, 5.74) is 0.988. The zero-order valence-corrected chi connectivity index (χ0v) is 10.8. The first-order valence-corrected chi connectivity index (χ1v) is 6.76. The van der Waals surface area contributed by atoms with E-state index in [0.717, 1.165) is 18.0 Å². The summed E-state index contributed by atoms with van der Waals surface area (Å²) in [4.78, 5) is 2.21. The normalized spacial score (nSPS) is 24.5. The van der Waals surface area contributed by atoms with Crippen molar-refractivity contribution < 1.29 is 4.39 Å². The second-order valence-electron chi connectivity index (χ2n) is 4.29. The van der Waals surface area contributed by atoms with Crippen LogP contribution >= 0.6 is 11.8 Å². The summed E-state index contributed by atoms with van der Waals surface area (Å²) in [6.07, 6.45) is 0. The summed E-state index contributed by atoms with van der Waals surface area (Å²) in [5.74, 6) is 0.635. The first-order valence-electron chi connectivity index (χ1n) is 5.71. The third kappa shape index (κ3) is 2.39. The summed E-state index contributed by atoms with van der Waals surface area (Å²) in [5, 5.41) is 9.25. The smallest absolute Gasteiger partial charge is 0.143 e. The van der Waals surface area contributed by atoms with Gasteiger partial charge in [-0.2, -0.15) is 17.0 Å². The first kappa shape index (κ1) is 12.3. The predicted molar refractivity (Wildman–Crippen MR) is 69.8 cm³/mol. The minimum atomic E-state index is -0.428. The van der Waals surface area contributed by atoms with Crippen LogP contribution in [-0.2, 0) is 0 Å². The van der Waals surface area contributed by atoms with Gasteiger partial charge in [-0.05, 0) is 25.1 Å². The summed E-state index contributed by atoms with van der Waals surface area (Å²) >= 11 is 1.95. The van der Waals surface area contributed by atoms with Crippen LogP contribution in [0.2, 0.25) is 0 Å². The molecule has 90 valence electrons. The van der Waals surface area contributed by atoms with Gasteiger partial charge in [-0.1, -0.05) is 6.92 Å². The van der Waals surface area contributed by atoms with Crippen LogP contribution < -0.4 is 4.90 Å². The fourth-order valence-corrected chi connectivity index (χ4v) is 3.17. The Kier molecular flexibility index (Phi) is 3.58. The molecule has 1 aromatic carbocycles. The Labute approximate surface area is 105 Å². The average molecular weight is 250 g/mol. The monoisotopic (exact) mass is 250 g/mol. The van der Waals surface area contributed by atoms with Gasteiger partial charge in [-0.25, -0.2) is 4.39 Å². The molecule has 0 aliphatic carbocycles. The number of nitriles is 1. The van der Waals surface area contributed by atoms with Crippen LogP contribution in [0, 0.1) is 17.1 Å². The molecule has 1 aromatic rings. The number of benzene rings is 1. The van der Waals surface area contributed by atoms with Crippen molar-refractivity contribution in [1.29, 1.82) is 5.26 Å². The van der Waals surface area contributed by atoms with E-state index in [2.05, 4.69) is 18.7 Å². The minimum absolute atomic E-state index is 0.112. The first-order chi connectivity index (χ1) is 8.13. The standard InChI is InChI=1S/C13H15FN2S/c1-9-10(2)17-6-5-16(9)12-4-3-11(8-15)13(14)7-12/h3-4,7,9-10H,5-6H2,1-2H3. The molecule has 2 nitrogen and oxygen atoms in total. The van der Waals surface area contributed by atoms with Crippen molar-refractivity contribution in [2.75, 3.05) is 17.2 Å². The van der Waals surface area contributed by atoms with E-state index in [1.54, 1.807) is 6.07 Å². The van der Waals surface area contributed by atoms with Gasteiger partial charge in [0.15, 0.2) is 0 Å². The quantitative estimate of drug-likeness (QED) is 0.766. The second kappa shape index (κ2) is 4.97. The number of rotatable bonds is 1. The van der Waals surface area contributed by atoms with Crippen LogP contribution in [-0.4, -0.2) is 23.6 Å². The molecule has 4 heteroatoms. The maximum Gasteiger partial charge on any atom is 0.143 e. The number of nitrogens with zero attached hydrogens (tertiary/aromatic N) is 2. The van der Waals surface area contributed by atoms with Crippen molar-refractivity contribution in [3.05, 3.63) is 29.6 Å². The molecule has 0 bridgehead atoms. The predicted octanol–water partition coefficient (Wildman–Crippen LogP) is 3.03. The summed E-state index contributed by atoms with van der Waals surface area (Å²) in [6.45, 7) is 5.29. The lowest BCUT2D eigenvalue weighted by atomic mass is 10.1. The van der Waals surface area contributed by atoms with E-state index in [9.17, 15) is 4.39 Å². The highest BCUT2D eigenvalue weighted by molar-refractivity contribution is 8.00. The number of hydrogen-bond acceptors (Lipinski definition) is 3. The van der Waals surface area contributed by atoms with Crippen LogP contribution in [0.25, 0.3) is 0 Å². The van der Waals surface area contributed by atoms with E-state index in [-0.39, 0.29) is 5.56 Å². The molecule has 0 radical (unpaired) electrons. The van der Waals surface area contributed by atoms with Crippen LogP contribution in [0.3, 0.4) is 0 Å². The molecule has 0 amide bonds. The zero-order chi connectivity index (χ0) is 12.4. The summed E-state index contributed by atoms with van der Waals surface area (Å²) in [6, 6.07) is 7.10. The van der Waals surface area contributed by atoms with Gasteiger partial charge in [0.25, 0.3) is 0 Å². The van der Waals surface area contributed by atoms with Crippen LogP contribution in [0.4, 0.5) is 10.1 Å². The topological polar surface area (TPSA) is 27.0 Å². The second-order valence-corrected chi connectivity index (χ2v) is 5.77. The number of hydrogen-bond donors (Lipinski definition) is 0. The molecule has 0 aromatic heterocycles. The molecule has 2 unspecified atom stereocenters. The molecule has 0 saturated carbocycles. The Balaban J connectivity index is 2.28. The third-order valence-corrected chi connectivity index (χ3v) is 4.63. The van der Waals surface area contributed by atoms with Gasteiger partial charge in [0.05, 0.1) is 5.56 Å². The van der Waals surface area contributed by atoms with E-state index < -0.39 is 5.82 Å². The third-order valence-electron chi connectivity index (χ3n) is 3.29. The lowest BCUT2D eigenvalue weighted by Crippen LogP contribution is -2.44. The van der Waals surface area contributed by atoms with Gasteiger partial charge in [0.1, 0.15) is 11.9 Å². The lowest BCUT2D eigenvalue weighted by Gasteiger charge is -2.39. The molecule has 0 spiro atoms. The van der Waals surface area contributed by atoms with Crippen LogP contribution in [0.5, 0.6) is 0 Å². The van der Waals surface area contributed by atoms with Crippen molar-refractivity contribution >= 4 is 17.4 Å². The van der Waals surface area contributed by atoms with E-state index in [4.69, 9.17) is 5.26 Å². The van der Waals surface area contributed by atoms with Crippen molar-refractivity contribution in [2.45, 2.75) is 25.1 Å². The van der Waals surface area contributed by atoms with Gasteiger partial charge < -0.3 is 4.90 Å². The van der Waals surface area contributed by atoms with Crippen molar-refractivity contribution in [3.8, 4) is 6.07 Å². The van der Waals surface area contributed by atoms with Gasteiger partial charge in [0.2, 0.25) is 0 Å². The molecule has 1 saturated heterocycles. The van der Waals surface area contributed by atoms with Crippen LogP contribution in [0.1, 0.15) is 19.4 Å². The van der Waals surface area contributed by atoms with E-state index in [1.807, 2.05) is 23.9 Å². The Morgan fingerprint density at radius 2 is 2.24 bits per heavy atom. The lowest BCUT2D eigenvalue weighted by molar-refractivity contribution is 0.608. The van der Waals surface area contributed by atoms with Gasteiger partial charge in [-0.3, -0.25) is 0 Å². The molecule has 1 aliphatic heterocycles. The molecule has 2 rings (SSSR count). The van der Waals surface area contributed by atoms with Crippen molar-refractivity contribution in [3.63, 3.8) is 0 Å². The van der Waals surface area contributed by atoms with E-state index in [0.29, 0.717) is 11.3 Å². The molecule has 2 atom stereocenters. The summed E-state index contributed by atoms with van der Waals surface area (Å²) in [7, 11) is 0. The molecular weight excluding hydrogens is 235 g/mol. The van der Waals surface area contributed by atoms with Gasteiger partial charge >= 0.3 is 0 Å². The SMILES string of the molecule is CC1SCCN(c2ccc(C#N)c(F)c2)C1C. The summed E-state index contributed by atoms with van der Waals surface area (Å²) < 4.78 is 13.6. The highest BCUT2D eigenvalue weighted by Crippen LogP contribution is 2.29. The highest BCUT2D eigenvalue weighted by atomic mass is 32.2. The molecular formula is C13H15FN2S. The molecule has 1 aliphatic rings. The van der Waals surface area contributed by atoms with Gasteiger partial charge in [-0.15, -0.1) is 0 Å². The minimum Gasteiger partial charge on any atom is -0.367 e. The molecule has 0 N–H and O–H groups in total. The fraction of sp³-hybridized carbons (Fsp3) is 0.462. The Morgan fingerprint density at radius 1 is 1.47 bits per heavy atom. The van der Waals surface area contributed by atoms with Crippen LogP contribution in [0.15, 0.2) is 18.2 Å². The number of halogens is 1. The molecule has 1 fully saturated rings. The van der Waals surface area contributed by atoms with Crippen molar-refractivity contribution in [2.24, 2.45) is 0 Å². The van der Waals surface area contributed by atoms with E-state index >= 15 is 0 Å². The fourth-order valence-electron chi connectivity index (χ4n) is 2.07. The Bertz CT molecular complexity index is 455. The maximum absolute atomic E-state index is 13.6. The highest BCUT2D eigenvalue weighted by Gasteiger charge is 2.25.